The van der Waals surface area contributed by atoms with Gasteiger partial charge < -0.3 is 9.64 Å². The number of nitrogens with zero attached hydrogens (tertiary/aromatic N) is 2. The van der Waals surface area contributed by atoms with Crippen molar-refractivity contribution in [1.29, 1.82) is 0 Å². The molecular weight excluding hydrogens is 348 g/mol. The summed E-state index contributed by atoms with van der Waals surface area (Å²) >= 11 is 0. The van der Waals surface area contributed by atoms with E-state index in [1.54, 1.807) is 7.11 Å². The summed E-state index contributed by atoms with van der Waals surface area (Å²) in [4.78, 5) is 19.4. The smallest absolute Gasteiger partial charge is 0.237 e. The predicted octanol–water partition coefficient (Wildman–Crippen LogP) is 4.47. The summed E-state index contributed by atoms with van der Waals surface area (Å²) in [5.41, 5.74) is 3.03. The number of rotatable bonds is 6. The standard InChI is InChI=1S/C24H22N2O2/c1-28-21-14-12-20(13-15-21)26-22(17-25-16-18-8-4-2-5-9-18)23(24(26)27)19-10-6-3-7-11-19/h2-15,17,22-23H,16H2,1H3/t22-,23+/m0/s1. The van der Waals surface area contributed by atoms with Gasteiger partial charge in [-0.15, -0.1) is 0 Å². The van der Waals surface area contributed by atoms with Gasteiger partial charge >= 0.3 is 0 Å². The first kappa shape index (κ1) is 18.0. The highest BCUT2D eigenvalue weighted by Crippen LogP contribution is 2.39. The molecule has 3 aromatic rings. The first-order chi connectivity index (χ1) is 13.8. The van der Waals surface area contributed by atoms with Crippen LogP contribution in [0.25, 0.3) is 0 Å². The third-order valence-corrected chi connectivity index (χ3v) is 5.03. The van der Waals surface area contributed by atoms with Gasteiger partial charge in [-0.3, -0.25) is 9.79 Å². The lowest BCUT2D eigenvalue weighted by Crippen LogP contribution is -2.60. The van der Waals surface area contributed by atoms with Gasteiger partial charge in [0.25, 0.3) is 0 Å². The minimum atomic E-state index is -0.206. The van der Waals surface area contributed by atoms with Crippen LogP contribution in [-0.2, 0) is 11.3 Å². The fourth-order valence-corrected chi connectivity index (χ4v) is 3.55. The first-order valence-corrected chi connectivity index (χ1v) is 9.34. The third kappa shape index (κ3) is 3.54. The Morgan fingerprint density at radius 1 is 0.929 bits per heavy atom. The van der Waals surface area contributed by atoms with Crippen LogP contribution in [0.4, 0.5) is 5.69 Å². The molecular formula is C24H22N2O2. The van der Waals surface area contributed by atoms with E-state index in [-0.39, 0.29) is 17.9 Å². The van der Waals surface area contributed by atoms with E-state index in [1.165, 1.54) is 0 Å². The molecule has 4 heteroatoms. The van der Waals surface area contributed by atoms with Gasteiger partial charge in [-0.05, 0) is 35.4 Å². The quantitative estimate of drug-likeness (QED) is 0.475. The summed E-state index contributed by atoms with van der Waals surface area (Å²) in [6, 6.07) is 27.5. The minimum Gasteiger partial charge on any atom is -0.497 e. The molecule has 1 heterocycles. The second-order valence-corrected chi connectivity index (χ2v) is 6.76. The number of anilines is 1. The van der Waals surface area contributed by atoms with Crippen LogP contribution >= 0.6 is 0 Å². The Morgan fingerprint density at radius 2 is 1.57 bits per heavy atom. The molecule has 0 radical (unpaired) electrons. The monoisotopic (exact) mass is 370 g/mol. The molecule has 3 aromatic carbocycles. The molecule has 0 bridgehead atoms. The number of ether oxygens (including phenoxy) is 1. The zero-order chi connectivity index (χ0) is 19.3. The van der Waals surface area contributed by atoms with Crippen molar-refractivity contribution in [2.75, 3.05) is 12.0 Å². The summed E-state index contributed by atoms with van der Waals surface area (Å²) in [7, 11) is 1.63. The molecule has 1 aliphatic rings. The minimum absolute atomic E-state index is 0.0903. The lowest BCUT2D eigenvalue weighted by atomic mass is 9.81. The van der Waals surface area contributed by atoms with Gasteiger partial charge in [0.1, 0.15) is 5.75 Å². The second kappa shape index (κ2) is 8.09. The maximum atomic E-state index is 13.0. The maximum Gasteiger partial charge on any atom is 0.237 e. The molecule has 2 atom stereocenters. The van der Waals surface area contributed by atoms with Crippen LogP contribution < -0.4 is 9.64 Å². The number of carbonyl (C=O) groups excluding carboxylic acids is 1. The van der Waals surface area contributed by atoms with Gasteiger partial charge in [0, 0.05) is 11.9 Å². The number of benzene rings is 3. The van der Waals surface area contributed by atoms with E-state index in [4.69, 9.17) is 4.74 Å². The highest BCUT2D eigenvalue weighted by atomic mass is 16.5. The van der Waals surface area contributed by atoms with E-state index < -0.39 is 0 Å². The largest absolute Gasteiger partial charge is 0.497 e. The summed E-state index contributed by atoms with van der Waals surface area (Å²) in [6.07, 6.45) is 1.91. The number of β-lactam (4-membered cyclic amide) rings is 1. The number of aliphatic imine (C=N–C) groups is 1. The van der Waals surface area contributed by atoms with Crippen molar-refractivity contribution in [3.8, 4) is 5.75 Å². The molecule has 4 nitrogen and oxygen atoms in total. The highest BCUT2D eigenvalue weighted by Gasteiger charge is 2.47. The Kier molecular flexibility index (Phi) is 5.20. The topological polar surface area (TPSA) is 41.9 Å². The van der Waals surface area contributed by atoms with Crippen LogP contribution in [0.2, 0.25) is 0 Å². The average Bonchev–Trinajstić information content (AvgIpc) is 2.75. The van der Waals surface area contributed by atoms with Gasteiger partial charge in [0.2, 0.25) is 5.91 Å². The lowest BCUT2D eigenvalue weighted by Gasteiger charge is -2.45. The molecule has 0 aliphatic carbocycles. The Labute approximate surface area is 165 Å². The maximum absolute atomic E-state index is 13.0. The van der Waals surface area contributed by atoms with E-state index in [0.717, 1.165) is 22.6 Å². The Balaban J connectivity index is 1.60. The molecule has 140 valence electrons. The molecule has 1 amide bonds. The Morgan fingerprint density at radius 3 is 2.21 bits per heavy atom. The Bertz CT molecular complexity index is 953. The van der Waals surface area contributed by atoms with Gasteiger partial charge in [-0.1, -0.05) is 60.7 Å². The van der Waals surface area contributed by atoms with Crippen molar-refractivity contribution in [2.45, 2.75) is 18.5 Å². The molecule has 1 aliphatic heterocycles. The van der Waals surface area contributed by atoms with Crippen LogP contribution in [0.15, 0.2) is 89.9 Å². The molecule has 0 aromatic heterocycles. The fraction of sp³-hybridized carbons (Fsp3) is 0.167. The number of hydrogen-bond donors (Lipinski definition) is 0. The zero-order valence-corrected chi connectivity index (χ0v) is 15.7. The predicted molar refractivity (Wildman–Crippen MR) is 112 cm³/mol. The molecule has 0 spiro atoms. The van der Waals surface area contributed by atoms with Gasteiger partial charge in [-0.2, -0.15) is 0 Å². The average molecular weight is 370 g/mol. The van der Waals surface area contributed by atoms with Gasteiger partial charge in [0.15, 0.2) is 0 Å². The van der Waals surface area contributed by atoms with Gasteiger partial charge in [-0.25, -0.2) is 0 Å². The molecule has 0 N–H and O–H groups in total. The van der Waals surface area contributed by atoms with Crippen LogP contribution in [0.5, 0.6) is 5.75 Å². The normalized spacial score (nSPS) is 18.9. The number of hydrogen-bond acceptors (Lipinski definition) is 3. The molecule has 1 fully saturated rings. The summed E-state index contributed by atoms with van der Waals surface area (Å²) in [5, 5.41) is 0. The third-order valence-electron chi connectivity index (χ3n) is 5.03. The summed E-state index contributed by atoms with van der Waals surface area (Å²) in [6.45, 7) is 0.601. The SMILES string of the molecule is COc1ccc(N2C(=O)[C@H](c3ccccc3)[C@@H]2C=NCc2ccccc2)cc1. The number of carbonyl (C=O) groups is 1. The van der Waals surface area contributed by atoms with Crippen LogP contribution in [0.1, 0.15) is 17.0 Å². The number of amides is 1. The van der Waals surface area contributed by atoms with Crippen molar-refractivity contribution < 1.29 is 9.53 Å². The van der Waals surface area contributed by atoms with Crippen molar-refractivity contribution in [3.63, 3.8) is 0 Å². The van der Waals surface area contributed by atoms with Gasteiger partial charge in [0.05, 0.1) is 25.6 Å². The van der Waals surface area contributed by atoms with Crippen LogP contribution in [-0.4, -0.2) is 25.3 Å². The molecule has 4 rings (SSSR count). The fourth-order valence-electron chi connectivity index (χ4n) is 3.55. The first-order valence-electron chi connectivity index (χ1n) is 9.34. The van der Waals surface area contributed by atoms with Crippen LogP contribution in [0.3, 0.4) is 0 Å². The van der Waals surface area contributed by atoms with E-state index in [2.05, 4.69) is 17.1 Å². The summed E-state index contributed by atoms with van der Waals surface area (Å²) < 4.78 is 5.23. The van der Waals surface area contributed by atoms with E-state index in [9.17, 15) is 4.79 Å². The van der Waals surface area contributed by atoms with E-state index in [0.29, 0.717) is 6.54 Å². The number of methoxy groups -OCH3 is 1. The second-order valence-electron chi connectivity index (χ2n) is 6.76. The molecule has 0 saturated carbocycles. The highest BCUT2D eigenvalue weighted by molar-refractivity contribution is 6.12. The summed E-state index contributed by atoms with van der Waals surface area (Å²) in [5.74, 6) is 0.654. The van der Waals surface area contributed by atoms with Crippen molar-refractivity contribution >= 4 is 17.8 Å². The van der Waals surface area contributed by atoms with E-state index in [1.807, 2.05) is 83.9 Å². The Hall–Kier alpha value is -3.40. The molecule has 1 saturated heterocycles. The van der Waals surface area contributed by atoms with Crippen molar-refractivity contribution in [1.82, 2.24) is 0 Å². The van der Waals surface area contributed by atoms with E-state index >= 15 is 0 Å². The van der Waals surface area contributed by atoms with Crippen molar-refractivity contribution in [2.24, 2.45) is 4.99 Å². The zero-order valence-electron chi connectivity index (χ0n) is 15.7. The molecule has 0 unspecified atom stereocenters. The molecule has 28 heavy (non-hydrogen) atoms. The van der Waals surface area contributed by atoms with Crippen LogP contribution in [0, 0.1) is 0 Å². The van der Waals surface area contributed by atoms with Crippen molar-refractivity contribution in [3.05, 3.63) is 96.1 Å². The lowest BCUT2D eigenvalue weighted by molar-refractivity contribution is -0.125.